The van der Waals surface area contributed by atoms with Gasteiger partial charge in [-0.3, -0.25) is 9.59 Å². The van der Waals surface area contributed by atoms with E-state index in [0.29, 0.717) is 25.9 Å². The van der Waals surface area contributed by atoms with Gasteiger partial charge in [0.1, 0.15) is 0 Å². The molecule has 0 fully saturated rings. The number of carbonyl (C=O) groups is 2. The Morgan fingerprint density at radius 2 is 0.577 bits per heavy atom. The highest BCUT2D eigenvalue weighted by Gasteiger charge is 2.20. The Morgan fingerprint density at radius 3 is 0.859 bits per heavy atom. The van der Waals surface area contributed by atoms with E-state index in [9.17, 15) is 19.8 Å². The van der Waals surface area contributed by atoms with Crippen molar-refractivity contribution in [3.63, 3.8) is 0 Å². The van der Waals surface area contributed by atoms with Gasteiger partial charge in [0.15, 0.2) is 0 Å². The first-order valence-electron chi connectivity index (χ1n) is 32.8. The number of ether oxygens (including phenoxy) is 1. The number of nitrogens with one attached hydrogen (secondary N) is 1. The van der Waals surface area contributed by atoms with E-state index in [1.54, 1.807) is 0 Å². The Labute approximate surface area is 445 Å². The van der Waals surface area contributed by atoms with Crippen molar-refractivity contribution >= 4 is 11.9 Å². The highest BCUT2D eigenvalue weighted by Crippen LogP contribution is 2.19. The third kappa shape index (κ3) is 58.0. The summed E-state index contributed by atoms with van der Waals surface area (Å²) in [5, 5.41) is 23.2. The number of amides is 1. The molecule has 1 amide bonds. The van der Waals surface area contributed by atoms with Gasteiger partial charge in [-0.15, -0.1) is 0 Å². The maximum atomic E-state index is 12.5. The largest absolute Gasteiger partial charge is 0.466 e. The molecule has 0 rings (SSSR count). The normalized spacial score (nSPS) is 12.5. The molecule has 2 atom stereocenters. The van der Waals surface area contributed by atoms with Gasteiger partial charge in [-0.25, -0.2) is 0 Å². The maximum Gasteiger partial charge on any atom is 0.305 e. The van der Waals surface area contributed by atoms with E-state index in [1.807, 2.05) is 0 Å². The fourth-order valence-corrected chi connectivity index (χ4v) is 10.6. The summed E-state index contributed by atoms with van der Waals surface area (Å²) in [4.78, 5) is 24.5. The van der Waals surface area contributed by atoms with E-state index < -0.39 is 12.1 Å². The number of carbonyl (C=O) groups excluding carboxylic acids is 2. The molecule has 0 aromatic rings. The number of rotatable bonds is 62. The van der Waals surface area contributed by atoms with Crippen LogP contribution in [-0.2, 0) is 14.3 Å². The van der Waals surface area contributed by atoms with Crippen molar-refractivity contribution in [2.24, 2.45) is 0 Å². The van der Waals surface area contributed by atoms with Crippen LogP contribution in [0, 0.1) is 0 Å². The second-order valence-corrected chi connectivity index (χ2v) is 22.8. The Kier molecular flexibility index (Phi) is 60.4. The van der Waals surface area contributed by atoms with Crippen LogP contribution in [0.2, 0.25) is 0 Å². The number of esters is 1. The molecule has 6 nitrogen and oxygen atoms in total. The quantitative estimate of drug-likeness (QED) is 0.0417. The van der Waals surface area contributed by atoms with Crippen LogP contribution in [0.25, 0.3) is 0 Å². The molecule has 0 saturated carbocycles. The molecule has 0 radical (unpaired) electrons. The zero-order valence-corrected chi connectivity index (χ0v) is 48.5. The van der Waals surface area contributed by atoms with Crippen LogP contribution in [0.15, 0.2) is 0 Å². The lowest BCUT2D eigenvalue weighted by Gasteiger charge is -2.22. The van der Waals surface area contributed by atoms with Gasteiger partial charge in [0, 0.05) is 12.8 Å². The van der Waals surface area contributed by atoms with E-state index in [-0.39, 0.29) is 18.5 Å². The Bertz CT molecular complexity index is 1020. The van der Waals surface area contributed by atoms with E-state index >= 15 is 0 Å². The minimum absolute atomic E-state index is 0.0226. The molecule has 0 aromatic heterocycles. The zero-order valence-electron chi connectivity index (χ0n) is 48.5. The molecule has 2 unspecified atom stereocenters. The van der Waals surface area contributed by atoms with Crippen molar-refractivity contribution in [1.82, 2.24) is 5.32 Å². The van der Waals surface area contributed by atoms with Crippen molar-refractivity contribution < 1.29 is 24.5 Å². The molecule has 71 heavy (non-hydrogen) atoms. The molecule has 0 heterocycles. The third-order valence-corrected chi connectivity index (χ3v) is 15.7. The van der Waals surface area contributed by atoms with Gasteiger partial charge in [0.05, 0.1) is 25.4 Å². The number of hydrogen-bond donors (Lipinski definition) is 3. The van der Waals surface area contributed by atoms with Crippen molar-refractivity contribution in [2.45, 2.75) is 392 Å². The van der Waals surface area contributed by atoms with E-state index in [1.165, 1.54) is 308 Å². The predicted molar refractivity (Wildman–Crippen MR) is 310 cm³/mol. The second-order valence-electron chi connectivity index (χ2n) is 22.8. The molecular weight excluding hydrogens is 875 g/mol. The fourth-order valence-electron chi connectivity index (χ4n) is 10.6. The summed E-state index contributed by atoms with van der Waals surface area (Å²) in [5.41, 5.74) is 0. The highest BCUT2D eigenvalue weighted by molar-refractivity contribution is 5.76. The smallest absolute Gasteiger partial charge is 0.305 e. The monoisotopic (exact) mass is 1000 g/mol. The number of unbranched alkanes of at least 4 members (excludes halogenated alkanes) is 51. The van der Waals surface area contributed by atoms with Crippen LogP contribution in [0.3, 0.4) is 0 Å². The minimum Gasteiger partial charge on any atom is -0.466 e. The fraction of sp³-hybridized carbons (Fsp3) is 0.969. The van der Waals surface area contributed by atoms with Gasteiger partial charge in [-0.05, 0) is 25.7 Å². The van der Waals surface area contributed by atoms with Crippen molar-refractivity contribution in [2.75, 3.05) is 13.2 Å². The summed E-state index contributed by atoms with van der Waals surface area (Å²) in [6.45, 7) is 4.98. The van der Waals surface area contributed by atoms with Crippen LogP contribution in [-0.4, -0.2) is 47.4 Å². The second kappa shape index (κ2) is 61.4. The van der Waals surface area contributed by atoms with E-state index in [0.717, 1.165) is 38.5 Å². The van der Waals surface area contributed by atoms with Gasteiger partial charge in [-0.1, -0.05) is 341 Å². The maximum absolute atomic E-state index is 12.5. The molecular formula is C65H129NO5. The summed E-state index contributed by atoms with van der Waals surface area (Å²) >= 11 is 0. The molecule has 6 heteroatoms. The SMILES string of the molecule is CCCCCCCCCCCCCCCCC(=O)OCCCCCCCCCCCCCCCCCCCCCCCCCCCCCCCC(=O)NC(CO)C(O)CCCCCCCCCCCCC. The van der Waals surface area contributed by atoms with Gasteiger partial charge in [0.2, 0.25) is 5.91 Å². The van der Waals surface area contributed by atoms with Crippen LogP contribution in [0.4, 0.5) is 0 Å². The lowest BCUT2D eigenvalue weighted by molar-refractivity contribution is -0.143. The number of aliphatic hydroxyl groups excluding tert-OH is 2. The molecule has 0 aliphatic rings. The van der Waals surface area contributed by atoms with E-state index in [2.05, 4.69) is 19.2 Å². The van der Waals surface area contributed by atoms with Gasteiger partial charge in [0.25, 0.3) is 0 Å². The highest BCUT2D eigenvalue weighted by atomic mass is 16.5. The third-order valence-electron chi connectivity index (χ3n) is 15.7. The molecule has 424 valence electrons. The Balaban J connectivity index is 3.29. The van der Waals surface area contributed by atoms with Gasteiger partial charge >= 0.3 is 5.97 Å². The van der Waals surface area contributed by atoms with Crippen LogP contribution < -0.4 is 5.32 Å². The van der Waals surface area contributed by atoms with Gasteiger partial charge in [-0.2, -0.15) is 0 Å². The number of hydrogen-bond acceptors (Lipinski definition) is 5. The zero-order chi connectivity index (χ0) is 51.4. The lowest BCUT2D eigenvalue weighted by Crippen LogP contribution is -2.45. The molecule has 3 N–H and O–H groups in total. The molecule has 0 bridgehead atoms. The number of aliphatic hydroxyl groups is 2. The van der Waals surface area contributed by atoms with Crippen molar-refractivity contribution in [3.05, 3.63) is 0 Å². The first kappa shape index (κ1) is 69.9. The Morgan fingerprint density at radius 1 is 0.338 bits per heavy atom. The van der Waals surface area contributed by atoms with Gasteiger partial charge < -0.3 is 20.3 Å². The van der Waals surface area contributed by atoms with Crippen LogP contribution >= 0.6 is 0 Å². The standard InChI is InChI=1S/C65H129NO5/c1-3-5-7-9-11-13-15-16-35-39-43-47-51-55-59-65(70)71-60-56-52-48-44-40-36-33-31-29-27-25-23-21-19-17-18-20-22-24-26-28-30-32-34-38-42-46-50-54-58-64(69)66-62(61-67)63(68)57-53-49-45-41-37-14-12-10-8-6-4-2/h62-63,67-68H,3-61H2,1-2H3,(H,66,69). The summed E-state index contributed by atoms with van der Waals surface area (Å²) < 4.78 is 5.49. The summed E-state index contributed by atoms with van der Waals surface area (Å²) in [6, 6.07) is -0.536. The summed E-state index contributed by atoms with van der Waals surface area (Å²) in [7, 11) is 0. The first-order valence-corrected chi connectivity index (χ1v) is 32.8. The minimum atomic E-state index is -0.659. The van der Waals surface area contributed by atoms with Crippen LogP contribution in [0.1, 0.15) is 380 Å². The topological polar surface area (TPSA) is 95.9 Å². The summed E-state index contributed by atoms with van der Waals surface area (Å²) in [6.07, 6.45) is 72.9. The average molecular weight is 1000 g/mol. The lowest BCUT2D eigenvalue weighted by atomic mass is 10.0. The molecule has 0 aromatic carbocycles. The molecule has 0 aliphatic heterocycles. The predicted octanol–water partition coefficient (Wildman–Crippen LogP) is 20.6. The summed E-state index contributed by atoms with van der Waals surface area (Å²) in [5.74, 6) is -0.00747. The Hall–Kier alpha value is -1.14. The van der Waals surface area contributed by atoms with E-state index in [4.69, 9.17) is 4.74 Å². The van der Waals surface area contributed by atoms with Crippen LogP contribution in [0.5, 0.6) is 0 Å². The van der Waals surface area contributed by atoms with Crippen molar-refractivity contribution in [3.8, 4) is 0 Å². The first-order chi connectivity index (χ1) is 35.0. The average Bonchev–Trinajstić information content (AvgIpc) is 3.37. The van der Waals surface area contributed by atoms with Crippen molar-refractivity contribution in [1.29, 1.82) is 0 Å². The molecule has 0 spiro atoms. The molecule has 0 saturated heterocycles. The molecule has 0 aliphatic carbocycles.